The molecule has 0 spiro atoms. The lowest BCUT2D eigenvalue weighted by molar-refractivity contribution is -0.111. The van der Waals surface area contributed by atoms with Gasteiger partial charge in [-0.05, 0) is 55.1 Å². The summed E-state index contributed by atoms with van der Waals surface area (Å²) >= 11 is 0. The zero-order chi connectivity index (χ0) is 23.5. The molecule has 1 aliphatic heterocycles. The van der Waals surface area contributed by atoms with Crippen molar-refractivity contribution < 1.29 is 4.79 Å². The van der Waals surface area contributed by atoms with Gasteiger partial charge in [0.05, 0.1) is 6.20 Å². The Morgan fingerprint density at radius 1 is 1.06 bits per heavy atom. The van der Waals surface area contributed by atoms with Crippen molar-refractivity contribution in [3.63, 3.8) is 0 Å². The van der Waals surface area contributed by atoms with Gasteiger partial charge < -0.3 is 20.4 Å². The number of rotatable bonds is 6. The van der Waals surface area contributed by atoms with Gasteiger partial charge in [0, 0.05) is 48.8 Å². The average molecular weight is 455 g/mol. The number of fused-ring (bicyclic) bond motifs is 1. The second-order valence-electron chi connectivity index (χ2n) is 8.24. The Morgan fingerprint density at radius 3 is 2.62 bits per heavy atom. The average Bonchev–Trinajstić information content (AvgIpc) is 3.28. The summed E-state index contributed by atoms with van der Waals surface area (Å²) in [6.07, 6.45) is 4.62. The van der Waals surface area contributed by atoms with Crippen molar-refractivity contribution in [3.8, 4) is 11.1 Å². The van der Waals surface area contributed by atoms with E-state index in [1.807, 2.05) is 36.4 Å². The minimum absolute atomic E-state index is 0.260. The number of amides is 1. The van der Waals surface area contributed by atoms with Crippen LogP contribution in [0.15, 0.2) is 73.7 Å². The van der Waals surface area contributed by atoms with Crippen molar-refractivity contribution in [1.82, 2.24) is 24.5 Å². The highest BCUT2D eigenvalue weighted by Crippen LogP contribution is 2.27. The summed E-state index contributed by atoms with van der Waals surface area (Å²) < 4.78 is 1.63. The van der Waals surface area contributed by atoms with Crippen LogP contribution in [0, 0.1) is 0 Å². The highest BCUT2D eigenvalue weighted by atomic mass is 16.1. The summed E-state index contributed by atoms with van der Waals surface area (Å²) in [5, 5.41) is 10.4. The van der Waals surface area contributed by atoms with Crippen LogP contribution in [0.25, 0.3) is 16.8 Å². The van der Waals surface area contributed by atoms with Gasteiger partial charge in [-0.25, -0.2) is 9.50 Å². The summed E-state index contributed by atoms with van der Waals surface area (Å²) in [6.45, 7) is 7.71. The number of benzene rings is 2. The maximum Gasteiger partial charge on any atom is 0.247 e. The molecule has 3 heterocycles. The van der Waals surface area contributed by atoms with Gasteiger partial charge in [-0.15, -0.1) is 0 Å². The summed E-state index contributed by atoms with van der Waals surface area (Å²) in [7, 11) is 2.16. The number of likely N-dealkylation sites (N-methyl/N-ethyl adjacent to an activating group) is 1. The molecule has 0 aliphatic carbocycles. The molecule has 5 rings (SSSR count). The van der Waals surface area contributed by atoms with Crippen molar-refractivity contribution >= 4 is 34.6 Å². The summed E-state index contributed by atoms with van der Waals surface area (Å²) in [5.74, 6) is 0.224. The van der Waals surface area contributed by atoms with E-state index >= 15 is 0 Å². The molecule has 1 amide bonds. The van der Waals surface area contributed by atoms with Crippen LogP contribution in [0.2, 0.25) is 0 Å². The predicted octanol–water partition coefficient (Wildman–Crippen LogP) is 3.41. The molecule has 2 N–H and O–H groups in total. The van der Waals surface area contributed by atoms with Crippen molar-refractivity contribution in [2.75, 3.05) is 48.8 Å². The molecule has 172 valence electrons. The second kappa shape index (κ2) is 9.32. The number of hydrogen-bond donors (Lipinski definition) is 2. The molecule has 2 aromatic carbocycles. The van der Waals surface area contributed by atoms with E-state index in [4.69, 9.17) is 4.98 Å². The molecule has 0 unspecified atom stereocenters. The van der Waals surface area contributed by atoms with Crippen LogP contribution in [-0.2, 0) is 4.79 Å². The number of nitrogens with zero attached hydrogens (tertiary/aromatic N) is 6. The number of carbonyl (C=O) groups is 1. The lowest BCUT2D eigenvalue weighted by Gasteiger charge is -2.34. The van der Waals surface area contributed by atoms with Gasteiger partial charge in [0.25, 0.3) is 0 Å². The molecule has 9 nitrogen and oxygen atoms in total. The first-order valence-electron chi connectivity index (χ1n) is 11.1. The normalized spacial score (nSPS) is 14.2. The highest BCUT2D eigenvalue weighted by Gasteiger charge is 2.14. The lowest BCUT2D eigenvalue weighted by atomic mass is 10.1. The molecule has 9 heteroatoms. The van der Waals surface area contributed by atoms with Crippen LogP contribution < -0.4 is 15.5 Å². The zero-order valence-corrected chi connectivity index (χ0v) is 19.0. The number of carbonyl (C=O) groups excluding carboxylic acids is 1. The van der Waals surface area contributed by atoms with Crippen molar-refractivity contribution in [2.24, 2.45) is 0 Å². The zero-order valence-electron chi connectivity index (χ0n) is 19.0. The molecular formula is C25H26N8O. The molecule has 0 bridgehead atoms. The van der Waals surface area contributed by atoms with Gasteiger partial charge in [0.1, 0.15) is 6.33 Å². The minimum Gasteiger partial charge on any atom is -0.369 e. The van der Waals surface area contributed by atoms with Crippen LogP contribution in [0.4, 0.5) is 23.0 Å². The third-order valence-corrected chi connectivity index (χ3v) is 5.89. The Morgan fingerprint density at radius 2 is 1.85 bits per heavy atom. The van der Waals surface area contributed by atoms with E-state index in [1.165, 1.54) is 11.8 Å². The van der Waals surface area contributed by atoms with Crippen LogP contribution in [0.1, 0.15) is 0 Å². The maximum atomic E-state index is 11.7. The molecular weight excluding hydrogens is 428 g/mol. The van der Waals surface area contributed by atoms with Gasteiger partial charge in [-0.3, -0.25) is 4.79 Å². The molecule has 2 aromatic heterocycles. The number of hydrogen-bond acceptors (Lipinski definition) is 7. The highest BCUT2D eigenvalue weighted by molar-refractivity contribution is 5.99. The van der Waals surface area contributed by atoms with E-state index in [0.29, 0.717) is 17.3 Å². The van der Waals surface area contributed by atoms with Gasteiger partial charge in [-0.2, -0.15) is 10.1 Å². The summed E-state index contributed by atoms with van der Waals surface area (Å²) in [4.78, 5) is 25.5. The van der Waals surface area contributed by atoms with Crippen LogP contribution in [0.5, 0.6) is 0 Å². The third-order valence-electron chi connectivity index (χ3n) is 5.89. The van der Waals surface area contributed by atoms with Gasteiger partial charge >= 0.3 is 0 Å². The predicted molar refractivity (Wildman–Crippen MR) is 134 cm³/mol. The van der Waals surface area contributed by atoms with Gasteiger partial charge in [-0.1, -0.05) is 18.7 Å². The number of piperazine rings is 1. The Kier molecular flexibility index (Phi) is 5.92. The Balaban J connectivity index is 1.36. The van der Waals surface area contributed by atoms with Crippen molar-refractivity contribution in [2.45, 2.75) is 0 Å². The van der Waals surface area contributed by atoms with E-state index in [9.17, 15) is 4.79 Å². The molecule has 1 fully saturated rings. The molecule has 0 atom stereocenters. The van der Waals surface area contributed by atoms with E-state index in [-0.39, 0.29) is 5.91 Å². The lowest BCUT2D eigenvalue weighted by Crippen LogP contribution is -2.44. The fourth-order valence-electron chi connectivity index (χ4n) is 3.96. The number of aromatic nitrogens is 4. The molecule has 1 saturated heterocycles. The van der Waals surface area contributed by atoms with Gasteiger partial charge in [0.15, 0.2) is 5.65 Å². The largest absolute Gasteiger partial charge is 0.369 e. The molecule has 0 saturated carbocycles. The summed E-state index contributed by atoms with van der Waals surface area (Å²) in [6, 6.07) is 15.9. The molecule has 4 aromatic rings. The van der Waals surface area contributed by atoms with E-state index in [2.05, 4.69) is 56.3 Å². The van der Waals surface area contributed by atoms with Crippen LogP contribution in [0.3, 0.4) is 0 Å². The SMILES string of the molecule is C=CC(=O)Nc1cccc(-c2cnn3cnc(Nc4ccc(N5CCN(C)CC5)cc4)nc23)c1. The standard InChI is InChI=1S/C25H26N8O/c1-3-23(34)28-20-6-4-5-18(15-20)22-16-27-33-17-26-25(30-24(22)33)29-19-7-9-21(10-8-19)32-13-11-31(2)12-14-32/h3-10,15-17H,1,11-14H2,2H3,(H,28,34)(H,29,30). The first kappa shape index (κ1) is 21.6. The van der Waals surface area contributed by atoms with E-state index in [1.54, 1.807) is 17.0 Å². The first-order chi connectivity index (χ1) is 16.6. The monoisotopic (exact) mass is 454 g/mol. The quantitative estimate of drug-likeness (QED) is 0.432. The smallest absolute Gasteiger partial charge is 0.247 e. The summed E-state index contributed by atoms with van der Waals surface area (Å²) in [5.41, 5.74) is 5.20. The topological polar surface area (TPSA) is 90.7 Å². The van der Waals surface area contributed by atoms with Crippen LogP contribution >= 0.6 is 0 Å². The second-order valence-corrected chi connectivity index (χ2v) is 8.24. The Hall–Kier alpha value is -4.24. The Labute approximate surface area is 197 Å². The van der Waals surface area contributed by atoms with E-state index < -0.39 is 0 Å². The van der Waals surface area contributed by atoms with Gasteiger partial charge in [0.2, 0.25) is 11.9 Å². The van der Waals surface area contributed by atoms with Crippen LogP contribution in [-0.4, -0.2) is 63.6 Å². The van der Waals surface area contributed by atoms with E-state index in [0.717, 1.165) is 43.0 Å². The molecule has 34 heavy (non-hydrogen) atoms. The molecule has 0 radical (unpaired) electrons. The van der Waals surface area contributed by atoms with Crippen molar-refractivity contribution in [3.05, 3.63) is 73.7 Å². The fourth-order valence-corrected chi connectivity index (χ4v) is 3.96. The Bertz CT molecular complexity index is 1320. The molecule has 1 aliphatic rings. The maximum absolute atomic E-state index is 11.7. The van der Waals surface area contributed by atoms with Crippen molar-refractivity contribution in [1.29, 1.82) is 0 Å². The fraction of sp³-hybridized carbons (Fsp3) is 0.200. The minimum atomic E-state index is -0.260. The third kappa shape index (κ3) is 4.60. The number of anilines is 4. The first-order valence-corrected chi connectivity index (χ1v) is 11.1. The number of nitrogens with one attached hydrogen (secondary N) is 2.